The summed E-state index contributed by atoms with van der Waals surface area (Å²) >= 11 is 3.34. The zero-order valence-electron chi connectivity index (χ0n) is 13.6. The van der Waals surface area contributed by atoms with Crippen molar-refractivity contribution in [1.29, 1.82) is 0 Å². The van der Waals surface area contributed by atoms with Gasteiger partial charge >= 0.3 is 5.97 Å². The van der Waals surface area contributed by atoms with Gasteiger partial charge in [-0.3, -0.25) is 4.79 Å². The molecule has 0 saturated heterocycles. The fourth-order valence-electron chi connectivity index (χ4n) is 2.04. The van der Waals surface area contributed by atoms with E-state index in [1.807, 2.05) is 24.3 Å². The Labute approximate surface area is 154 Å². The molecule has 6 heteroatoms. The Balaban J connectivity index is 1.82. The Morgan fingerprint density at radius 2 is 1.96 bits per heavy atom. The van der Waals surface area contributed by atoms with E-state index in [4.69, 9.17) is 4.74 Å². The second-order valence-electron chi connectivity index (χ2n) is 5.34. The summed E-state index contributed by atoms with van der Waals surface area (Å²) in [4.78, 5) is 25.0. The van der Waals surface area contributed by atoms with E-state index in [-0.39, 0.29) is 12.4 Å². The van der Waals surface area contributed by atoms with Gasteiger partial charge in [0.05, 0.1) is 0 Å². The second kappa shape index (κ2) is 9.13. The van der Waals surface area contributed by atoms with Crippen LogP contribution in [0.4, 0.5) is 4.39 Å². The van der Waals surface area contributed by atoms with Crippen molar-refractivity contribution in [2.75, 3.05) is 13.7 Å². The smallest absolute Gasteiger partial charge is 0.331 e. The van der Waals surface area contributed by atoms with Gasteiger partial charge < -0.3 is 9.64 Å². The van der Waals surface area contributed by atoms with E-state index in [0.29, 0.717) is 5.56 Å². The van der Waals surface area contributed by atoms with Crippen molar-refractivity contribution < 1.29 is 18.7 Å². The maximum atomic E-state index is 13.6. The normalized spacial score (nSPS) is 10.7. The lowest BCUT2D eigenvalue weighted by atomic mass is 10.2. The van der Waals surface area contributed by atoms with Gasteiger partial charge in [-0.25, -0.2) is 9.18 Å². The Kier molecular flexibility index (Phi) is 6.89. The number of carbonyl (C=O) groups excluding carboxylic acids is 2. The summed E-state index contributed by atoms with van der Waals surface area (Å²) in [6.45, 7) is -0.288. The molecule has 0 unspecified atom stereocenters. The summed E-state index contributed by atoms with van der Waals surface area (Å²) in [5.41, 5.74) is 1.23. The van der Waals surface area contributed by atoms with Gasteiger partial charge in [-0.2, -0.15) is 0 Å². The molecule has 0 N–H and O–H groups in total. The summed E-state index contributed by atoms with van der Waals surface area (Å²) in [5, 5.41) is 0. The predicted molar refractivity (Wildman–Crippen MR) is 97.0 cm³/mol. The highest BCUT2D eigenvalue weighted by Crippen LogP contribution is 2.13. The van der Waals surface area contributed by atoms with Crippen LogP contribution in [0, 0.1) is 5.82 Å². The zero-order valence-corrected chi connectivity index (χ0v) is 15.2. The first-order valence-electron chi connectivity index (χ1n) is 7.53. The predicted octanol–water partition coefficient (Wildman–Crippen LogP) is 3.80. The summed E-state index contributed by atoms with van der Waals surface area (Å²) in [5.74, 6) is -1.41. The van der Waals surface area contributed by atoms with Crippen LogP contribution in [-0.4, -0.2) is 30.4 Å². The molecular formula is C19H17BrFNO3. The van der Waals surface area contributed by atoms with Crippen LogP contribution in [0.2, 0.25) is 0 Å². The molecule has 0 saturated carbocycles. The van der Waals surface area contributed by atoms with E-state index in [2.05, 4.69) is 15.9 Å². The molecule has 0 aliphatic rings. The van der Waals surface area contributed by atoms with Crippen molar-refractivity contribution >= 4 is 33.9 Å². The maximum Gasteiger partial charge on any atom is 0.331 e. The highest BCUT2D eigenvalue weighted by atomic mass is 79.9. The average Bonchev–Trinajstić information content (AvgIpc) is 2.59. The van der Waals surface area contributed by atoms with E-state index in [1.165, 1.54) is 24.1 Å². The number of esters is 1. The molecule has 0 aromatic heterocycles. The summed E-state index contributed by atoms with van der Waals surface area (Å²) in [7, 11) is 1.53. The van der Waals surface area contributed by atoms with Crippen LogP contribution in [0.25, 0.3) is 6.08 Å². The molecule has 0 fully saturated rings. The Bertz CT molecular complexity index is 792. The van der Waals surface area contributed by atoms with Crippen LogP contribution in [0.15, 0.2) is 59.1 Å². The molecule has 0 aliphatic carbocycles. The molecule has 0 bridgehead atoms. The number of hydrogen-bond acceptors (Lipinski definition) is 3. The molecule has 0 aliphatic heterocycles. The number of rotatable bonds is 6. The number of halogens is 2. The van der Waals surface area contributed by atoms with E-state index in [0.717, 1.165) is 10.0 Å². The first-order chi connectivity index (χ1) is 12.0. The van der Waals surface area contributed by atoms with E-state index in [9.17, 15) is 14.0 Å². The van der Waals surface area contributed by atoms with Gasteiger partial charge in [0, 0.05) is 29.7 Å². The monoisotopic (exact) mass is 405 g/mol. The van der Waals surface area contributed by atoms with E-state index in [1.54, 1.807) is 24.3 Å². The molecule has 0 spiro atoms. The first kappa shape index (κ1) is 18.9. The molecule has 4 nitrogen and oxygen atoms in total. The summed E-state index contributed by atoms with van der Waals surface area (Å²) in [6.07, 6.45) is 2.85. The van der Waals surface area contributed by atoms with Crippen LogP contribution in [0.3, 0.4) is 0 Å². The molecule has 1 amide bonds. The van der Waals surface area contributed by atoms with Gasteiger partial charge in [-0.1, -0.05) is 46.3 Å². The van der Waals surface area contributed by atoms with Gasteiger partial charge in [0.1, 0.15) is 5.82 Å². The fourth-order valence-corrected chi connectivity index (χ4v) is 2.45. The Hall–Kier alpha value is -2.47. The van der Waals surface area contributed by atoms with Gasteiger partial charge in [0.2, 0.25) is 0 Å². The highest BCUT2D eigenvalue weighted by molar-refractivity contribution is 9.10. The number of amides is 1. The van der Waals surface area contributed by atoms with Crippen LogP contribution < -0.4 is 0 Å². The van der Waals surface area contributed by atoms with Crippen molar-refractivity contribution in [2.45, 2.75) is 6.54 Å². The van der Waals surface area contributed by atoms with Crippen LogP contribution in [0.5, 0.6) is 0 Å². The molecule has 2 aromatic rings. The molecular weight excluding hydrogens is 389 g/mol. The van der Waals surface area contributed by atoms with Gasteiger partial charge in [-0.05, 0) is 29.8 Å². The van der Waals surface area contributed by atoms with Crippen molar-refractivity contribution in [3.8, 4) is 0 Å². The van der Waals surface area contributed by atoms with Gasteiger partial charge in [-0.15, -0.1) is 0 Å². The molecule has 2 aromatic carbocycles. The zero-order chi connectivity index (χ0) is 18.2. The maximum absolute atomic E-state index is 13.6. The van der Waals surface area contributed by atoms with Crippen molar-refractivity contribution in [3.63, 3.8) is 0 Å². The second-order valence-corrected chi connectivity index (χ2v) is 6.25. The molecule has 0 radical (unpaired) electrons. The molecule has 25 heavy (non-hydrogen) atoms. The lowest BCUT2D eigenvalue weighted by molar-refractivity contribution is -0.147. The van der Waals surface area contributed by atoms with E-state index >= 15 is 0 Å². The number of ether oxygens (including phenoxy) is 1. The largest absolute Gasteiger partial charge is 0.452 e. The van der Waals surface area contributed by atoms with Crippen LogP contribution in [0.1, 0.15) is 11.1 Å². The van der Waals surface area contributed by atoms with Crippen LogP contribution in [-0.2, 0) is 20.9 Å². The fraction of sp³-hybridized carbons (Fsp3) is 0.158. The third-order valence-corrected chi connectivity index (χ3v) is 3.88. The van der Waals surface area contributed by atoms with Gasteiger partial charge in [0.25, 0.3) is 5.91 Å². The molecule has 2 rings (SSSR count). The molecule has 130 valence electrons. The topological polar surface area (TPSA) is 46.6 Å². The number of carbonyl (C=O) groups is 2. The minimum absolute atomic E-state index is 0.108. The van der Waals surface area contributed by atoms with Gasteiger partial charge in [0.15, 0.2) is 6.61 Å². The molecule has 0 atom stereocenters. The van der Waals surface area contributed by atoms with Crippen LogP contribution >= 0.6 is 15.9 Å². The average molecular weight is 406 g/mol. The summed E-state index contributed by atoms with van der Waals surface area (Å²) in [6, 6.07) is 13.6. The minimum Gasteiger partial charge on any atom is -0.452 e. The van der Waals surface area contributed by atoms with E-state index < -0.39 is 18.5 Å². The molecule has 0 heterocycles. The number of hydrogen-bond donors (Lipinski definition) is 0. The highest BCUT2D eigenvalue weighted by Gasteiger charge is 2.13. The lowest BCUT2D eigenvalue weighted by Gasteiger charge is -2.17. The Morgan fingerprint density at radius 1 is 1.20 bits per heavy atom. The van der Waals surface area contributed by atoms with Crippen molar-refractivity contribution in [3.05, 3.63) is 76.0 Å². The number of benzene rings is 2. The third kappa shape index (κ3) is 6.15. The Morgan fingerprint density at radius 3 is 2.68 bits per heavy atom. The third-order valence-electron chi connectivity index (χ3n) is 3.39. The summed E-state index contributed by atoms with van der Waals surface area (Å²) < 4.78 is 19.4. The quantitative estimate of drug-likeness (QED) is 0.542. The number of likely N-dealkylation sites (N-methyl/N-ethyl adjacent to an activating group) is 1. The van der Waals surface area contributed by atoms with Crippen molar-refractivity contribution in [2.24, 2.45) is 0 Å². The standard InChI is InChI=1S/C19H17BrFNO3/c1-22(12-15-6-2-3-8-17(15)21)18(23)13-25-19(24)10-9-14-5-4-7-16(20)11-14/h2-11H,12-13H2,1H3/b10-9+. The number of nitrogens with zero attached hydrogens (tertiary/aromatic N) is 1. The first-order valence-corrected chi connectivity index (χ1v) is 8.33. The lowest BCUT2D eigenvalue weighted by Crippen LogP contribution is -2.30. The van der Waals surface area contributed by atoms with Crippen molar-refractivity contribution in [1.82, 2.24) is 4.90 Å². The SMILES string of the molecule is CN(Cc1ccccc1F)C(=O)COC(=O)/C=C/c1cccc(Br)c1. The minimum atomic E-state index is -0.618.